The van der Waals surface area contributed by atoms with Crippen molar-refractivity contribution < 1.29 is 19.0 Å². The first-order chi connectivity index (χ1) is 17.1. The largest absolute Gasteiger partial charge is 0.497 e. The molecule has 1 aliphatic rings. The summed E-state index contributed by atoms with van der Waals surface area (Å²) in [6, 6.07) is 33.1. The van der Waals surface area contributed by atoms with Crippen molar-refractivity contribution in [2.24, 2.45) is 0 Å². The van der Waals surface area contributed by atoms with E-state index in [2.05, 4.69) is 12.1 Å². The quantitative estimate of drug-likeness (QED) is 0.324. The molecule has 1 fully saturated rings. The SMILES string of the molecule is COc1ccc(N2C(=O)C(c3ccc(OC)cc3)(c3ccc(OC)cc3)C2c2ccccc2)cc1. The van der Waals surface area contributed by atoms with Gasteiger partial charge in [0.1, 0.15) is 22.7 Å². The topological polar surface area (TPSA) is 48.0 Å². The Hall–Kier alpha value is -4.25. The third kappa shape index (κ3) is 3.60. The molecular formula is C30H27NO4. The number of nitrogens with zero attached hydrogens (tertiary/aromatic N) is 1. The van der Waals surface area contributed by atoms with Gasteiger partial charge in [0.05, 0.1) is 27.4 Å². The lowest BCUT2D eigenvalue weighted by Crippen LogP contribution is -2.67. The highest BCUT2D eigenvalue weighted by molar-refractivity contribution is 6.12. The number of carbonyl (C=O) groups excluding carboxylic acids is 1. The van der Waals surface area contributed by atoms with Gasteiger partial charge in [0.2, 0.25) is 5.91 Å². The molecule has 1 saturated heterocycles. The first kappa shape index (κ1) is 22.5. The lowest BCUT2D eigenvalue weighted by atomic mass is 9.59. The molecule has 4 aromatic carbocycles. The monoisotopic (exact) mass is 465 g/mol. The van der Waals surface area contributed by atoms with E-state index in [4.69, 9.17) is 14.2 Å². The highest BCUT2D eigenvalue weighted by Crippen LogP contribution is 2.57. The maximum Gasteiger partial charge on any atom is 0.245 e. The van der Waals surface area contributed by atoms with Gasteiger partial charge in [0, 0.05) is 5.69 Å². The van der Waals surface area contributed by atoms with Gasteiger partial charge in [-0.1, -0.05) is 54.6 Å². The van der Waals surface area contributed by atoms with E-state index in [-0.39, 0.29) is 11.9 Å². The molecule has 0 N–H and O–H groups in total. The predicted octanol–water partition coefficient (Wildman–Crippen LogP) is 5.79. The summed E-state index contributed by atoms with van der Waals surface area (Å²) in [5, 5.41) is 0. The number of hydrogen-bond donors (Lipinski definition) is 0. The van der Waals surface area contributed by atoms with Gasteiger partial charge < -0.3 is 19.1 Å². The first-order valence-corrected chi connectivity index (χ1v) is 11.4. The molecule has 0 radical (unpaired) electrons. The molecule has 176 valence electrons. The number of rotatable bonds is 7. The zero-order valence-electron chi connectivity index (χ0n) is 20.0. The van der Waals surface area contributed by atoms with Crippen LogP contribution >= 0.6 is 0 Å². The van der Waals surface area contributed by atoms with Gasteiger partial charge in [-0.3, -0.25) is 4.79 Å². The summed E-state index contributed by atoms with van der Waals surface area (Å²) in [5.74, 6) is 2.24. The van der Waals surface area contributed by atoms with Crippen LogP contribution in [0.5, 0.6) is 17.2 Å². The standard InChI is InChI=1S/C30H27NO4/c1-33-25-15-9-22(10-16-25)30(23-11-17-26(34-2)18-12-23)28(21-7-5-4-6-8-21)31(29(30)32)24-13-19-27(35-3)20-14-24/h4-20,28H,1-3H3. The number of anilines is 1. The summed E-state index contributed by atoms with van der Waals surface area (Å²) in [4.78, 5) is 16.2. The molecule has 35 heavy (non-hydrogen) atoms. The Balaban J connectivity index is 1.73. The van der Waals surface area contributed by atoms with Crippen LogP contribution < -0.4 is 19.1 Å². The number of β-lactam (4-membered cyclic amide) rings is 1. The van der Waals surface area contributed by atoms with Crippen LogP contribution in [0.25, 0.3) is 0 Å². The third-order valence-corrected chi connectivity index (χ3v) is 6.78. The average molecular weight is 466 g/mol. The smallest absolute Gasteiger partial charge is 0.245 e. The van der Waals surface area contributed by atoms with E-state index in [0.29, 0.717) is 0 Å². The summed E-state index contributed by atoms with van der Waals surface area (Å²) < 4.78 is 16.1. The second kappa shape index (κ2) is 9.18. The van der Waals surface area contributed by atoms with Crippen molar-refractivity contribution in [3.8, 4) is 17.2 Å². The summed E-state index contributed by atoms with van der Waals surface area (Å²) in [5.41, 5.74) is 2.77. The third-order valence-electron chi connectivity index (χ3n) is 6.78. The fourth-order valence-electron chi connectivity index (χ4n) is 5.03. The highest BCUT2D eigenvalue weighted by Gasteiger charge is 2.63. The van der Waals surface area contributed by atoms with E-state index in [1.165, 1.54) is 0 Å². The van der Waals surface area contributed by atoms with E-state index >= 15 is 0 Å². The van der Waals surface area contributed by atoms with Gasteiger partial charge in [-0.25, -0.2) is 0 Å². The molecule has 1 unspecified atom stereocenters. The lowest BCUT2D eigenvalue weighted by molar-refractivity contribution is -0.131. The minimum Gasteiger partial charge on any atom is -0.497 e. The fraction of sp³-hybridized carbons (Fsp3) is 0.167. The van der Waals surface area contributed by atoms with E-state index in [1.54, 1.807) is 21.3 Å². The molecule has 1 atom stereocenters. The number of benzene rings is 4. The Labute approximate surface area is 205 Å². The van der Waals surface area contributed by atoms with Crippen LogP contribution in [0.15, 0.2) is 103 Å². The van der Waals surface area contributed by atoms with Crippen molar-refractivity contribution in [3.05, 3.63) is 120 Å². The van der Waals surface area contributed by atoms with Crippen molar-refractivity contribution in [1.29, 1.82) is 0 Å². The van der Waals surface area contributed by atoms with Gasteiger partial charge in [-0.15, -0.1) is 0 Å². The molecule has 5 nitrogen and oxygen atoms in total. The van der Waals surface area contributed by atoms with E-state index in [0.717, 1.165) is 39.6 Å². The average Bonchev–Trinajstić information content (AvgIpc) is 2.93. The van der Waals surface area contributed by atoms with Crippen LogP contribution in [0.4, 0.5) is 5.69 Å². The predicted molar refractivity (Wildman–Crippen MR) is 136 cm³/mol. The summed E-state index contributed by atoms with van der Waals surface area (Å²) in [6.45, 7) is 0. The Morgan fingerprint density at radius 3 is 1.46 bits per heavy atom. The van der Waals surface area contributed by atoms with Crippen molar-refractivity contribution in [2.75, 3.05) is 26.2 Å². The Morgan fingerprint density at radius 1 is 0.600 bits per heavy atom. The highest BCUT2D eigenvalue weighted by atomic mass is 16.5. The second-order valence-electron chi connectivity index (χ2n) is 8.45. The van der Waals surface area contributed by atoms with Crippen molar-refractivity contribution >= 4 is 11.6 Å². The molecule has 0 aliphatic carbocycles. The summed E-state index contributed by atoms with van der Waals surface area (Å²) >= 11 is 0. The van der Waals surface area contributed by atoms with Crippen LogP contribution in [0, 0.1) is 0 Å². The van der Waals surface area contributed by atoms with Gasteiger partial charge in [-0.2, -0.15) is 0 Å². The van der Waals surface area contributed by atoms with Crippen LogP contribution in [-0.4, -0.2) is 27.2 Å². The van der Waals surface area contributed by atoms with Gasteiger partial charge in [-0.05, 0) is 65.2 Å². The zero-order chi connectivity index (χ0) is 24.4. The molecule has 0 bridgehead atoms. The number of amides is 1. The zero-order valence-corrected chi connectivity index (χ0v) is 20.0. The molecule has 0 aromatic heterocycles. The molecule has 0 spiro atoms. The molecule has 1 heterocycles. The molecule has 0 saturated carbocycles. The van der Waals surface area contributed by atoms with E-state index in [1.807, 2.05) is 95.9 Å². The fourth-order valence-corrected chi connectivity index (χ4v) is 5.03. The second-order valence-corrected chi connectivity index (χ2v) is 8.45. The summed E-state index contributed by atoms with van der Waals surface area (Å²) in [7, 11) is 4.91. The van der Waals surface area contributed by atoms with Gasteiger partial charge >= 0.3 is 0 Å². The number of methoxy groups -OCH3 is 3. The minimum atomic E-state index is -0.917. The van der Waals surface area contributed by atoms with Crippen LogP contribution in [0.2, 0.25) is 0 Å². The van der Waals surface area contributed by atoms with Crippen molar-refractivity contribution in [2.45, 2.75) is 11.5 Å². The minimum absolute atomic E-state index is 0.00635. The molecule has 4 aromatic rings. The van der Waals surface area contributed by atoms with Gasteiger partial charge in [0.25, 0.3) is 0 Å². The normalized spacial score (nSPS) is 16.4. The van der Waals surface area contributed by atoms with Crippen molar-refractivity contribution in [3.63, 3.8) is 0 Å². The molecule has 5 heteroatoms. The van der Waals surface area contributed by atoms with Crippen LogP contribution in [0.1, 0.15) is 22.7 Å². The maximum atomic E-state index is 14.4. The molecular weight excluding hydrogens is 438 g/mol. The summed E-state index contributed by atoms with van der Waals surface area (Å²) in [6.07, 6.45) is 0. The Bertz CT molecular complexity index is 1250. The molecule has 1 amide bonds. The van der Waals surface area contributed by atoms with Crippen LogP contribution in [0.3, 0.4) is 0 Å². The molecule has 1 aliphatic heterocycles. The lowest BCUT2D eigenvalue weighted by Gasteiger charge is -2.57. The Kier molecular flexibility index (Phi) is 5.91. The van der Waals surface area contributed by atoms with E-state index < -0.39 is 5.41 Å². The number of hydrogen-bond acceptors (Lipinski definition) is 4. The Morgan fingerprint density at radius 2 is 1.03 bits per heavy atom. The first-order valence-electron chi connectivity index (χ1n) is 11.4. The van der Waals surface area contributed by atoms with Gasteiger partial charge in [0.15, 0.2) is 0 Å². The number of ether oxygens (including phenoxy) is 3. The van der Waals surface area contributed by atoms with E-state index in [9.17, 15) is 4.79 Å². The molecule has 5 rings (SSSR count). The van der Waals surface area contributed by atoms with Crippen LogP contribution in [-0.2, 0) is 10.2 Å². The number of carbonyl (C=O) groups is 1. The van der Waals surface area contributed by atoms with Crippen molar-refractivity contribution in [1.82, 2.24) is 0 Å². The maximum absolute atomic E-state index is 14.4.